The molecule has 4 nitrogen and oxygen atoms in total. The van der Waals surface area contributed by atoms with Crippen molar-refractivity contribution >= 4 is 21.8 Å². The van der Waals surface area contributed by atoms with E-state index in [0.29, 0.717) is 0 Å². The number of aromatic nitrogens is 2. The number of nitrogens with zero attached hydrogens (tertiary/aromatic N) is 2. The molecule has 4 heteroatoms. The molecule has 0 amide bonds. The first-order valence-electron chi connectivity index (χ1n) is 11.1. The van der Waals surface area contributed by atoms with Crippen molar-refractivity contribution in [1.29, 1.82) is 0 Å². The molecule has 5 aromatic rings. The van der Waals surface area contributed by atoms with Gasteiger partial charge >= 0.3 is 0 Å². The summed E-state index contributed by atoms with van der Waals surface area (Å²) in [4.78, 5) is 9.87. The van der Waals surface area contributed by atoms with Crippen LogP contribution in [0, 0.1) is 0 Å². The lowest BCUT2D eigenvalue weighted by atomic mass is 9.89. The lowest BCUT2D eigenvalue weighted by Gasteiger charge is -2.18. The number of hydrogen-bond donors (Lipinski definition) is 0. The van der Waals surface area contributed by atoms with Gasteiger partial charge in [-0.3, -0.25) is 9.97 Å². The highest BCUT2D eigenvalue weighted by molar-refractivity contribution is 5.81. The van der Waals surface area contributed by atoms with Gasteiger partial charge in [0.25, 0.3) is 0 Å². The molecule has 33 heavy (non-hydrogen) atoms. The third kappa shape index (κ3) is 4.65. The Balaban J connectivity index is 1.45. The minimum atomic E-state index is 0.276. The smallest absolute Gasteiger partial charge is 0.119 e. The van der Waals surface area contributed by atoms with Crippen molar-refractivity contribution in [3.8, 4) is 11.5 Å². The van der Waals surface area contributed by atoms with Gasteiger partial charge < -0.3 is 9.47 Å². The zero-order valence-electron chi connectivity index (χ0n) is 18.9. The summed E-state index contributed by atoms with van der Waals surface area (Å²) in [5.41, 5.74) is 5.42. The molecule has 0 spiro atoms. The number of benzene rings is 3. The van der Waals surface area contributed by atoms with Gasteiger partial charge in [0.05, 0.1) is 25.3 Å². The predicted molar refractivity (Wildman–Crippen MR) is 133 cm³/mol. The van der Waals surface area contributed by atoms with Crippen LogP contribution in [0.5, 0.6) is 11.5 Å². The molecule has 0 atom stereocenters. The van der Waals surface area contributed by atoms with E-state index in [9.17, 15) is 0 Å². The van der Waals surface area contributed by atoms with Gasteiger partial charge in [0.1, 0.15) is 11.5 Å². The molecule has 3 aromatic carbocycles. The van der Waals surface area contributed by atoms with Gasteiger partial charge in [-0.1, -0.05) is 42.5 Å². The van der Waals surface area contributed by atoms with Gasteiger partial charge in [-0.2, -0.15) is 0 Å². The summed E-state index contributed by atoms with van der Waals surface area (Å²) < 4.78 is 10.7. The quantitative estimate of drug-likeness (QED) is 0.299. The fourth-order valence-corrected chi connectivity index (χ4v) is 4.31. The van der Waals surface area contributed by atoms with Crippen LogP contribution in [0.25, 0.3) is 21.8 Å². The zero-order chi connectivity index (χ0) is 22.6. The van der Waals surface area contributed by atoms with Crippen LogP contribution < -0.4 is 9.47 Å². The number of hydrogen-bond acceptors (Lipinski definition) is 4. The second-order valence-electron chi connectivity index (χ2n) is 8.24. The van der Waals surface area contributed by atoms with Crippen molar-refractivity contribution in [2.24, 2.45) is 0 Å². The number of ether oxygens (including phenoxy) is 2. The second kappa shape index (κ2) is 9.29. The normalized spacial score (nSPS) is 11.2. The fourth-order valence-electron chi connectivity index (χ4n) is 4.31. The third-order valence-corrected chi connectivity index (χ3v) is 6.09. The third-order valence-electron chi connectivity index (χ3n) is 6.09. The Morgan fingerprint density at radius 3 is 1.61 bits per heavy atom. The van der Waals surface area contributed by atoms with Gasteiger partial charge in [0, 0.05) is 22.2 Å². The minimum absolute atomic E-state index is 0.276. The SMILES string of the molecule is COc1ccc2nc(CC(Cc3ccc4cc(OC)ccc4n3)c3ccccc3)ccc2c1. The van der Waals surface area contributed by atoms with E-state index in [1.165, 1.54) is 5.56 Å². The summed E-state index contributed by atoms with van der Waals surface area (Å²) in [5, 5.41) is 2.17. The number of fused-ring (bicyclic) bond motifs is 2. The molecular formula is C29H26N2O2. The van der Waals surface area contributed by atoms with Crippen LogP contribution in [-0.2, 0) is 12.8 Å². The maximum absolute atomic E-state index is 5.34. The molecule has 0 fully saturated rings. The van der Waals surface area contributed by atoms with Crippen molar-refractivity contribution in [3.05, 3.63) is 108 Å². The molecule has 0 N–H and O–H groups in total. The number of methoxy groups -OCH3 is 2. The van der Waals surface area contributed by atoms with E-state index in [2.05, 4.69) is 54.6 Å². The fraction of sp³-hybridized carbons (Fsp3) is 0.172. The topological polar surface area (TPSA) is 44.2 Å². The highest BCUT2D eigenvalue weighted by atomic mass is 16.5. The lowest BCUT2D eigenvalue weighted by Crippen LogP contribution is -2.09. The van der Waals surface area contributed by atoms with E-state index >= 15 is 0 Å². The Labute approximate surface area is 193 Å². The highest BCUT2D eigenvalue weighted by Crippen LogP contribution is 2.27. The van der Waals surface area contributed by atoms with E-state index in [1.54, 1.807) is 14.2 Å². The molecule has 0 saturated carbocycles. The van der Waals surface area contributed by atoms with Crippen LogP contribution in [0.3, 0.4) is 0 Å². The summed E-state index contributed by atoms with van der Waals surface area (Å²) in [6, 6.07) is 31.2. The van der Waals surface area contributed by atoms with Crippen molar-refractivity contribution in [1.82, 2.24) is 9.97 Å². The van der Waals surface area contributed by atoms with Gasteiger partial charge in [-0.05, 0) is 72.9 Å². The molecule has 0 aliphatic carbocycles. The van der Waals surface area contributed by atoms with Gasteiger partial charge in [0.2, 0.25) is 0 Å². The number of rotatable bonds is 7. The van der Waals surface area contributed by atoms with E-state index in [1.807, 2.05) is 36.4 Å². The Bertz CT molecular complexity index is 1310. The molecular weight excluding hydrogens is 408 g/mol. The predicted octanol–water partition coefficient (Wildman–Crippen LogP) is 6.37. The van der Waals surface area contributed by atoms with E-state index in [4.69, 9.17) is 19.4 Å². The first-order valence-corrected chi connectivity index (χ1v) is 11.1. The van der Waals surface area contributed by atoms with E-state index in [0.717, 1.165) is 57.5 Å². The standard InChI is InChI=1S/C29H26N2O2/c1-32-26-12-14-28-21(18-26)8-10-24(30-28)16-23(20-6-4-3-5-7-20)17-25-11-9-22-19-27(33-2)13-15-29(22)31-25/h3-15,18-19,23H,16-17H2,1-2H3. The maximum atomic E-state index is 5.34. The number of pyridine rings is 2. The molecule has 5 rings (SSSR count). The van der Waals surface area contributed by atoms with Crippen molar-refractivity contribution < 1.29 is 9.47 Å². The zero-order valence-corrected chi connectivity index (χ0v) is 18.9. The van der Waals surface area contributed by atoms with Crippen LogP contribution in [-0.4, -0.2) is 24.2 Å². The lowest BCUT2D eigenvalue weighted by molar-refractivity contribution is 0.415. The molecule has 0 aliphatic rings. The molecule has 0 unspecified atom stereocenters. The molecule has 2 heterocycles. The second-order valence-corrected chi connectivity index (χ2v) is 8.24. The van der Waals surface area contributed by atoms with Crippen molar-refractivity contribution in [2.75, 3.05) is 14.2 Å². The van der Waals surface area contributed by atoms with Gasteiger partial charge in [0.15, 0.2) is 0 Å². The summed E-state index contributed by atoms with van der Waals surface area (Å²) in [6.07, 6.45) is 1.68. The maximum Gasteiger partial charge on any atom is 0.119 e. The van der Waals surface area contributed by atoms with E-state index in [-0.39, 0.29) is 5.92 Å². The minimum Gasteiger partial charge on any atom is -0.497 e. The van der Waals surface area contributed by atoms with Crippen LogP contribution in [0.15, 0.2) is 91.0 Å². The Kier molecular flexibility index (Phi) is 5.90. The molecule has 2 aromatic heterocycles. The summed E-state index contributed by atoms with van der Waals surface area (Å²) in [7, 11) is 3.37. The Hall–Kier alpha value is -3.92. The monoisotopic (exact) mass is 434 g/mol. The van der Waals surface area contributed by atoms with Gasteiger partial charge in [-0.15, -0.1) is 0 Å². The van der Waals surface area contributed by atoms with Crippen molar-refractivity contribution in [3.63, 3.8) is 0 Å². The summed E-state index contributed by atoms with van der Waals surface area (Å²) >= 11 is 0. The first-order chi connectivity index (χ1) is 16.2. The van der Waals surface area contributed by atoms with Gasteiger partial charge in [-0.25, -0.2) is 0 Å². The molecule has 0 saturated heterocycles. The first kappa shape index (κ1) is 21.0. The Morgan fingerprint density at radius 2 is 1.12 bits per heavy atom. The van der Waals surface area contributed by atoms with Crippen LogP contribution >= 0.6 is 0 Å². The molecule has 0 bridgehead atoms. The Morgan fingerprint density at radius 1 is 0.606 bits per heavy atom. The average Bonchev–Trinajstić information content (AvgIpc) is 2.88. The average molecular weight is 435 g/mol. The molecule has 0 aliphatic heterocycles. The van der Waals surface area contributed by atoms with Crippen molar-refractivity contribution in [2.45, 2.75) is 18.8 Å². The molecule has 164 valence electrons. The van der Waals surface area contributed by atoms with Crippen LogP contribution in [0.1, 0.15) is 22.9 Å². The summed E-state index contributed by atoms with van der Waals surface area (Å²) in [5.74, 6) is 1.97. The van der Waals surface area contributed by atoms with Crippen LogP contribution in [0.2, 0.25) is 0 Å². The molecule has 0 radical (unpaired) electrons. The largest absolute Gasteiger partial charge is 0.497 e. The summed E-state index contributed by atoms with van der Waals surface area (Å²) in [6.45, 7) is 0. The van der Waals surface area contributed by atoms with E-state index < -0.39 is 0 Å². The van der Waals surface area contributed by atoms with Crippen LogP contribution in [0.4, 0.5) is 0 Å². The highest BCUT2D eigenvalue weighted by Gasteiger charge is 2.16.